The second kappa shape index (κ2) is 4.53. The first kappa shape index (κ1) is 11.0. The zero-order valence-corrected chi connectivity index (χ0v) is 9.38. The van der Waals surface area contributed by atoms with Crippen molar-refractivity contribution in [3.8, 4) is 6.07 Å². The molecule has 0 aliphatic heterocycles. The third-order valence-electron chi connectivity index (χ3n) is 2.33. The summed E-state index contributed by atoms with van der Waals surface area (Å²) in [4.78, 5) is 4.09. The molecule has 0 radical (unpaired) electrons. The molecule has 3 N–H and O–H groups in total. The lowest BCUT2D eigenvalue weighted by molar-refractivity contribution is 0.767. The molecule has 0 bridgehead atoms. The Balaban J connectivity index is 2.12. The summed E-state index contributed by atoms with van der Waals surface area (Å²) < 4.78 is 1.72. The first-order valence-electron chi connectivity index (χ1n) is 5.06. The van der Waals surface area contributed by atoms with Gasteiger partial charge in [-0.1, -0.05) is 0 Å². The third-order valence-corrected chi connectivity index (χ3v) is 2.33. The molecule has 0 fully saturated rings. The molecule has 6 nitrogen and oxygen atoms in total. The van der Waals surface area contributed by atoms with Crippen LogP contribution in [0.2, 0.25) is 0 Å². The number of aromatic nitrogens is 3. The number of nitrogens with zero attached hydrogens (tertiary/aromatic N) is 4. The maximum atomic E-state index is 8.83. The lowest BCUT2D eigenvalue weighted by Crippen LogP contribution is -2.05. The van der Waals surface area contributed by atoms with Crippen LogP contribution in [0.1, 0.15) is 11.1 Å². The van der Waals surface area contributed by atoms with Gasteiger partial charge in [0.25, 0.3) is 0 Å². The molecule has 0 aliphatic rings. The third kappa shape index (κ3) is 2.34. The first-order chi connectivity index (χ1) is 8.20. The van der Waals surface area contributed by atoms with E-state index in [0.717, 1.165) is 5.56 Å². The highest BCUT2D eigenvalue weighted by Crippen LogP contribution is 2.19. The molecule has 0 amide bonds. The Bertz CT molecular complexity index is 566. The van der Waals surface area contributed by atoms with Crippen LogP contribution >= 0.6 is 0 Å². The Morgan fingerprint density at radius 1 is 1.59 bits per heavy atom. The number of nitrogens with two attached hydrogens (primary N) is 1. The summed E-state index contributed by atoms with van der Waals surface area (Å²) in [5, 5.41) is 16.0. The van der Waals surface area contributed by atoms with Crippen LogP contribution in [0, 0.1) is 11.3 Å². The number of nitrogen functional groups attached to an aromatic ring is 1. The van der Waals surface area contributed by atoms with Gasteiger partial charge in [0.2, 0.25) is 0 Å². The highest BCUT2D eigenvalue weighted by atomic mass is 15.2. The molecular formula is C11H12N6. The molecule has 0 aliphatic carbocycles. The summed E-state index contributed by atoms with van der Waals surface area (Å²) in [6.07, 6.45) is 5.22. The van der Waals surface area contributed by atoms with Gasteiger partial charge >= 0.3 is 0 Å². The van der Waals surface area contributed by atoms with Crippen molar-refractivity contribution in [2.45, 2.75) is 6.54 Å². The normalized spacial score (nSPS) is 9.88. The molecule has 0 saturated heterocycles. The Labute approximate surface area is 98.7 Å². The smallest absolute Gasteiger partial charge is 0.150 e. The molecule has 6 heteroatoms. The van der Waals surface area contributed by atoms with E-state index < -0.39 is 0 Å². The van der Waals surface area contributed by atoms with E-state index in [2.05, 4.69) is 15.4 Å². The van der Waals surface area contributed by atoms with Crippen LogP contribution < -0.4 is 11.1 Å². The minimum absolute atomic E-state index is 0.374. The average Bonchev–Trinajstić information content (AvgIpc) is 2.74. The van der Waals surface area contributed by atoms with Crippen molar-refractivity contribution in [3.05, 3.63) is 35.8 Å². The minimum Gasteiger partial charge on any atom is -0.395 e. The van der Waals surface area contributed by atoms with Gasteiger partial charge in [-0.05, 0) is 6.07 Å². The van der Waals surface area contributed by atoms with Crippen LogP contribution in [-0.4, -0.2) is 14.8 Å². The van der Waals surface area contributed by atoms with Gasteiger partial charge in [-0.3, -0.25) is 4.68 Å². The van der Waals surface area contributed by atoms with Gasteiger partial charge in [0.15, 0.2) is 5.82 Å². The SMILES string of the molecule is Cn1cc(CNc2nccc(C#N)c2N)cn1. The van der Waals surface area contributed by atoms with Gasteiger partial charge in [-0.15, -0.1) is 0 Å². The molecule has 0 spiro atoms. The number of anilines is 2. The predicted molar refractivity (Wildman–Crippen MR) is 63.9 cm³/mol. The molecule has 0 aromatic carbocycles. The van der Waals surface area contributed by atoms with Gasteiger partial charge in [0.05, 0.1) is 17.4 Å². The second-order valence-corrected chi connectivity index (χ2v) is 3.61. The number of rotatable bonds is 3. The number of hydrogen-bond acceptors (Lipinski definition) is 5. The van der Waals surface area contributed by atoms with Crippen molar-refractivity contribution in [3.63, 3.8) is 0 Å². The lowest BCUT2D eigenvalue weighted by atomic mass is 10.2. The molecular weight excluding hydrogens is 216 g/mol. The summed E-state index contributed by atoms with van der Waals surface area (Å²) in [5.41, 5.74) is 7.62. The summed E-state index contributed by atoms with van der Waals surface area (Å²) in [5.74, 6) is 0.521. The number of nitrogens with one attached hydrogen (secondary N) is 1. The first-order valence-corrected chi connectivity index (χ1v) is 5.06. The summed E-state index contributed by atoms with van der Waals surface area (Å²) in [7, 11) is 1.85. The zero-order chi connectivity index (χ0) is 12.3. The van der Waals surface area contributed by atoms with E-state index in [4.69, 9.17) is 11.0 Å². The van der Waals surface area contributed by atoms with E-state index in [0.29, 0.717) is 23.6 Å². The number of hydrogen-bond donors (Lipinski definition) is 2. The molecule has 2 aromatic rings. The fourth-order valence-corrected chi connectivity index (χ4v) is 1.46. The molecule has 0 atom stereocenters. The topological polar surface area (TPSA) is 92.5 Å². The highest BCUT2D eigenvalue weighted by Gasteiger charge is 2.05. The van der Waals surface area contributed by atoms with Crippen molar-refractivity contribution in [2.24, 2.45) is 7.05 Å². The molecule has 2 heterocycles. The molecule has 2 rings (SSSR count). The van der Waals surface area contributed by atoms with E-state index in [-0.39, 0.29) is 0 Å². The highest BCUT2D eigenvalue weighted by molar-refractivity contribution is 5.68. The van der Waals surface area contributed by atoms with Crippen LogP contribution in [0.5, 0.6) is 0 Å². The van der Waals surface area contributed by atoms with E-state index in [1.807, 2.05) is 19.3 Å². The van der Waals surface area contributed by atoms with Crippen molar-refractivity contribution in [2.75, 3.05) is 11.1 Å². The van der Waals surface area contributed by atoms with Crippen LogP contribution in [0.3, 0.4) is 0 Å². The summed E-state index contributed by atoms with van der Waals surface area (Å²) in [6, 6.07) is 3.60. The maximum Gasteiger partial charge on any atom is 0.150 e. The molecule has 0 saturated carbocycles. The van der Waals surface area contributed by atoms with E-state index in [1.54, 1.807) is 23.1 Å². The Kier molecular flexibility index (Phi) is 2.92. The number of pyridine rings is 1. The van der Waals surface area contributed by atoms with Gasteiger partial charge in [0, 0.05) is 31.5 Å². The Morgan fingerprint density at radius 3 is 3.06 bits per heavy atom. The fourth-order valence-electron chi connectivity index (χ4n) is 1.46. The van der Waals surface area contributed by atoms with Crippen molar-refractivity contribution in [1.82, 2.24) is 14.8 Å². The van der Waals surface area contributed by atoms with E-state index in [9.17, 15) is 0 Å². The maximum absolute atomic E-state index is 8.83. The Hall–Kier alpha value is -2.55. The lowest BCUT2D eigenvalue weighted by Gasteiger charge is -2.07. The molecule has 86 valence electrons. The van der Waals surface area contributed by atoms with Crippen molar-refractivity contribution >= 4 is 11.5 Å². The molecule has 2 aromatic heterocycles. The Morgan fingerprint density at radius 2 is 2.41 bits per heavy atom. The molecule has 17 heavy (non-hydrogen) atoms. The summed E-state index contributed by atoms with van der Waals surface area (Å²) in [6.45, 7) is 0.569. The fraction of sp³-hybridized carbons (Fsp3) is 0.182. The predicted octanol–water partition coefficient (Wildman–Crippen LogP) is 0.881. The number of aryl methyl sites for hydroxylation is 1. The van der Waals surface area contributed by atoms with Crippen molar-refractivity contribution < 1.29 is 0 Å². The van der Waals surface area contributed by atoms with Crippen molar-refractivity contribution in [1.29, 1.82) is 5.26 Å². The average molecular weight is 228 g/mol. The van der Waals surface area contributed by atoms with Crippen LogP contribution in [0.4, 0.5) is 11.5 Å². The van der Waals surface area contributed by atoms with Crippen LogP contribution in [-0.2, 0) is 13.6 Å². The summed E-state index contributed by atoms with van der Waals surface area (Å²) >= 11 is 0. The van der Waals surface area contributed by atoms with E-state index in [1.165, 1.54) is 0 Å². The second-order valence-electron chi connectivity index (χ2n) is 3.61. The molecule has 0 unspecified atom stereocenters. The number of nitriles is 1. The van der Waals surface area contributed by atoms with E-state index >= 15 is 0 Å². The minimum atomic E-state index is 0.374. The monoisotopic (exact) mass is 228 g/mol. The van der Waals surface area contributed by atoms with Gasteiger partial charge < -0.3 is 11.1 Å². The van der Waals surface area contributed by atoms with Gasteiger partial charge in [-0.2, -0.15) is 10.4 Å². The van der Waals surface area contributed by atoms with Crippen LogP contribution in [0.25, 0.3) is 0 Å². The quantitative estimate of drug-likeness (QED) is 0.813. The zero-order valence-electron chi connectivity index (χ0n) is 9.38. The van der Waals surface area contributed by atoms with Gasteiger partial charge in [0.1, 0.15) is 6.07 Å². The largest absolute Gasteiger partial charge is 0.395 e. The van der Waals surface area contributed by atoms with Gasteiger partial charge in [-0.25, -0.2) is 4.98 Å². The standard InChI is InChI=1S/C11H12N6/c1-17-7-8(6-16-17)5-15-11-10(13)9(4-12)2-3-14-11/h2-3,6-7H,5,13H2,1H3,(H,14,15). The van der Waals surface area contributed by atoms with Crippen LogP contribution in [0.15, 0.2) is 24.7 Å².